The van der Waals surface area contributed by atoms with E-state index in [0.29, 0.717) is 16.8 Å². The van der Waals surface area contributed by atoms with Gasteiger partial charge in [0.2, 0.25) is 5.76 Å². The highest BCUT2D eigenvalue weighted by Gasteiger charge is 2.35. The molecule has 164 valence electrons. The van der Waals surface area contributed by atoms with E-state index < -0.39 is 23.9 Å². The first-order chi connectivity index (χ1) is 15.3. The van der Waals surface area contributed by atoms with Crippen molar-refractivity contribution in [2.75, 3.05) is 7.11 Å². The van der Waals surface area contributed by atoms with Crippen LogP contribution in [0.15, 0.2) is 46.5 Å². The summed E-state index contributed by atoms with van der Waals surface area (Å²) in [5.74, 6) is -2.02. The molecule has 10 nitrogen and oxygen atoms in total. The standard InChI is InChI=1S/C22H19N3O7/c1-12-15(14-5-3-4-6-17(14)24(12)11-19(26)27)9-16-20(28)25(22(30)23-16)10-13-7-8-18(32-13)21(29)31-2/h3-9H,10-11H2,1-2H3,(H,23,30)(H,26,27). The number of carboxylic acids is 1. The molecule has 4 rings (SSSR count). The van der Waals surface area contributed by atoms with Crippen LogP contribution in [0.2, 0.25) is 0 Å². The summed E-state index contributed by atoms with van der Waals surface area (Å²) in [6.07, 6.45) is 1.54. The van der Waals surface area contributed by atoms with E-state index in [1.165, 1.54) is 25.3 Å². The number of ether oxygens (including phenoxy) is 1. The fraction of sp³-hybridized carbons (Fsp3) is 0.182. The summed E-state index contributed by atoms with van der Waals surface area (Å²) < 4.78 is 11.6. The molecule has 0 unspecified atom stereocenters. The number of urea groups is 1. The fourth-order valence-electron chi connectivity index (χ4n) is 3.67. The number of carbonyl (C=O) groups excluding carboxylic acids is 3. The van der Waals surface area contributed by atoms with E-state index in [0.717, 1.165) is 10.3 Å². The number of nitrogens with one attached hydrogen (secondary N) is 1. The number of hydrogen-bond acceptors (Lipinski definition) is 6. The second-order valence-corrected chi connectivity index (χ2v) is 7.13. The minimum atomic E-state index is -0.991. The zero-order chi connectivity index (χ0) is 23.0. The van der Waals surface area contributed by atoms with Gasteiger partial charge in [-0.3, -0.25) is 14.5 Å². The summed E-state index contributed by atoms with van der Waals surface area (Å²) in [5, 5.41) is 12.6. The molecule has 1 aliphatic rings. The second-order valence-electron chi connectivity index (χ2n) is 7.13. The number of para-hydroxylation sites is 1. The van der Waals surface area contributed by atoms with Crippen molar-refractivity contribution in [1.82, 2.24) is 14.8 Å². The highest BCUT2D eigenvalue weighted by molar-refractivity contribution is 6.14. The lowest BCUT2D eigenvalue weighted by Gasteiger charge is -2.09. The summed E-state index contributed by atoms with van der Waals surface area (Å²) >= 11 is 0. The van der Waals surface area contributed by atoms with Gasteiger partial charge in [0.05, 0.1) is 13.7 Å². The minimum absolute atomic E-state index is 0.0350. The van der Waals surface area contributed by atoms with Crippen LogP contribution in [-0.2, 0) is 27.4 Å². The lowest BCUT2D eigenvalue weighted by atomic mass is 10.1. The van der Waals surface area contributed by atoms with Crippen molar-refractivity contribution in [3.05, 3.63) is 64.9 Å². The zero-order valence-electron chi connectivity index (χ0n) is 17.2. The third-order valence-electron chi connectivity index (χ3n) is 5.19. The number of rotatable bonds is 6. The lowest BCUT2D eigenvalue weighted by Crippen LogP contribution is -2.30. The van der Waals surface area contributed by atoms with Crippen LogP contribution >= 0.6 is 0 Å². The second kappa shape index (κ2) is 8.06. The van der Waals surface area contributed by atoms with Crippen molar-refractivity contribution >= 4 is 40.9 Å². The number of aliphatic carboxylic acids is 1. The van der Waals surface area contributed by atoms with Gasteiger partial charge in [0.15, 0.2) is 0 Å². The molecular formula is C22H19N3O7. The third-order valence-corrected chi connectivity index (χ3v) is 5.19. The maximum Gasteiger partial charge on any atom is 0.373 e. The van der Waals surface area contributed by atoms with E-state index >= 15 is 0 Å². The number of methoxy groups -OCH3 is 1. The molecule has 3 aromatic rings. The SMILES string of the molecule is COC(=O)c1ccc(CN2C(=O)NC(=Cc3c(C)n(CC(=O)O)c4ccccc34)C2=O)o1. The van der Waals surface area contributed by atoms with Crippen LogP contribution in [0.25, 0.3) is 17.0 Å². The highest BCUT2D eigenvalue weighted by atomic mass is 16.5. The van der Waals surface area contributed by atoms with E-state index in [4.69, 9.17) is 4.42 Å². The first-order valence-corrected chi connectivity index (χ1v) is 9.61. The van der Waals surface area contributed by atoms with Crippen molar-refractivity contribution < 1.29 is 33.4 Å². The summed E-state index contributed by atoms with van der Waals surface area (Å²) in [7, 11) is 1.22. The number of furan rings is 1. The van der Waals surface area contributed by atoms with Gasteiger partial charge in [0, 0.05) is 22.2 Å². The Kier molecular flexibility index (Phi) is 5.27. The van der Waals surface area contributed by atoms with Crippen molar-refractivity contribution in [2.24, 2.45) is 0 Å². The molecule has 0 radical (unpaired) electrons. The Morgan fingerprint density at radius 2 is 1.94 bits per heavy atom. The first kappa shape index (κ1) is 20.9. The average molecular weight is 437 g/mol. The molecule has 32 heavy (non-hydrogen) atoms. The largest absolute Gasteiger partial charge is 0.480 e. The number of amides is 3. The van der Waals surface area contributed by atoms with Crippen molar-refractivity contribution in [3.8, 4) is 0 Å². The molecule has 3 heterocycles. The smallest absolute Gasteiger partial charge is 0.373 e. The van der Waals surface area contributed by atoms with Crippen LogP contribution < -0.4 is 5.32 Å². The number of carboxylic acid groups (broad SMARTS) is 1. The van der Waals surface area contributed by atoms with Crippen LogP contribution in [0.4, 0.5) is 4.79 Å². The van der Waals surface area contributed by atoms with Gasteiger partial charge in [-0.25, -0.2) is 9.59 Å². The molecule has 10 heteroatoms. The van der Waals surface area contributed by atoms with E-state index in [-0.39, 0.29) is 30.3 Å². The zero-order valence-corrected chi connectivity index (χ0v) is 17.2. The maximum absolute atomic E-state index is 12.9. The molecule has 2 aromatic heterocycles. The monoisotopic (exact) mass is 437 g/mol. The number of fused-ring (bicyclic) bond motifs is 1. The first-order valence-electron chi connectivity index (χ1n) is 9.61. The molecular weight excluding hydrogens is 418 g/mol. The Morgan fingerprint density at radius 3 is 2.66 bits per heavy atom. The van der Waals surface area contributed by atoms with Gasteiger partial charge in [-0.1, -0.05) is 18.2 Å². The van der Waals surface area contributed by atoms with E-state index in [9.17, 15) is 24.3 Å². The summed E-state index contributed by atoms with van der Waals surface area (Å²) in [5.41, 5.74) is 2.04. The number of hydrogen-bond donors (Lipinski definition) is 2. The highest BCUT2D eigenvalue weighted by Crippen LogP contribution is 2.29. The predicted octanol–water partition coefficient (Wildman–Crippen LogP) is 2.51. The molecule has 1 aliphatic heterocycles. The number of benzene rings is 1. The number of imide groups is 1. The van der Waals surface area contributed by atoms with Gasteiger partial charge in [-0.2, -0.15) is 0 Å². The Labute approximate surface area is 181 Å². The Bertz CT molecular complexity index is 1300. The molecule has 0 saturated carbocycles. The van der Waals surface area contributed by atoms with Gasteiger partial charge < -0.3 is 24.1 Å². The normalized spacial score (nSPS) is 14.9. The fourth-order valence-corrected chi connectivity index (χ4v) is 3.67. The predicted molar refractivity (Wildman–Crippen MR) is 111 cm³/mol. The van der Waals surface area contributed by atoms with Gasteiger partial charge in [-0.05, 0) is 31.2 Å². The van der Waals surface area contributed by atoms with Crippen LogP contribution in [0, 0.1) is 6.92 Å². The van der Waals surface area contributed by atoms with Crippen molar-refractivity contribution in [1.29, 1.82) is 0 Å². The summed E-state index contributed by atoms with van der Waals surface area (Å²) in [6.45, 7) is 1.35. The van der Waals surface area contributed by atoms with Gasteiger partial charge in [-0.15, -0.1) is 0 Å². The molecule has 0 bridgehead atoms. The van der Waals surface area contributed by atoms with E-state index in [1.54, 1.807) is 23.6 Å². The summed E-state index contributed by atoms with van der Waals surface area (Å²) in [4.78, 5) is 49.1. The third kappa shape index (κ3) is 3.62. The molecule has 3 amide bonds. The number of nitrogens with zero attached hydrogens (tertiary/aromatic N) is 2. The summed E-state index contributed by atoms with van der Waals surface area (Å²) in [6, 6.07) is 9.48. The van der Waals surface area contributed by atoms with E-state index in [1.807, 2.05) is 12.1 Å². The Morgan fingerprint density at radius 1 is 1.19 bits per heavy atom. The van der Waals surface area contributed by atoms with Gasteiger partial charge >= 0.3 is 18.0 Å². The number of aromatic nitrogens is 1. The molecule has 1 fully saturated rings. The topological polar surface area (TPSA) is 131 Å². The van der Waals surface area contributed by atoms with Crippen LogP contribution in [0.3, 0.4) is 0 Å². The molecule has 2 N–H and O–H groups in total. The molecule has 0 aliphatic carbocycles. The van der Waals surface area contributed by atoms with Gasteiger partial charge in [0.1, 0.15) is 18.0 Å². The maximum atomic E-state index is 12.9. The van der Waals surface area contributed by atoms with Crippen LogP contribution in [-0.4, -0.2) is 45.6 Å². The number of esters is 1. The molecule has 1 aromatic carbocycles. The van der Waals surface area contributed by atoms with Gasteiger partial charge in [0.25, 0.3) is 5.91 Å². The van der Waals surface area contributed by atoms with Crippen molar-refractivity contribution in [3.63, 3.8) is 0 Å². The molecule has 0 atom stereocenters. The van der Waals surface area contributed by atoms with Crippen LogP contribution in [0.5, 0.6) is 0 Å². The molecule has 1 saturated heterocycles. The molecule has 0 spiro atoms. The minimum Gasteiger partial charge on any atom is -0.480 e. The van der Waals surface area contributed by atoms with Crippen molar-refractivity contribution in [2.45, 2.75) is 20.0 Å². The van der Waals surface area contributed by atoms with Crippen LogP contribution in [0.1, 0.15) is 27.6 Å². The Balaban J connectivity index is 1.65. The lowest BCUT2D eigenvalue weighted by molar-refractivity contribution is -0.137. The average Bonchev–Trinajstić information content (AvgIpc) is 3.42. The Hall–Kier alpha value is -4.34. The number of carbonyl (C=O) groups is 4. The quantitative estimate of drug-likeness (QED) is 0.344. The van der Waals surface area contributed by atoms with E-state index in [2.05, 4.69) is 10.1 Å².